The van der Waals surface area contributed by atoms with Crippen molar-refractivity contribution in [2.24, 2.45) is 0 Å². The molecule has 0 aromatic carbocycles. The molecule has 4 aliphatic rings. The van der Waals surface area contributed by atoms with Crippen molar-refractivity contribution in [1.82, 2.24) is 76.0 Å². The summed E-state index contributed by atoms with van der Waals surface area (Å²) in [7, 11) is -1.52. The number of aromatic nitrogens is 15. The highest BCUT2D eigenvalue weighted by atomic mass is 79.9. The Bertz CT molecular complexity index is 6730. The fourth-order valence-electron chi connectivity index (χ4n) is 13.1. The van der Waals surface area contributed by atoms with Crippen LogP contribution in [-0.4, -0.2) is 163 Å². The SMILES string of the molecule is CC(=O)CCl.CC1(C)OB(B2OC(C)(C)C(C)(C)O2)OC1(C)C.Cc1cn2cc(-c3cc(=O)n4cc(F)ccc4n3)cc(F)c2n1.Cc1cn2cc(-c3cc(=O)n4cc(N5CCNCC5)ccc4n3)cc(F)c2n1.Cc1cn2cc(B3OC(C)(C)C(C)(C)O3)cc(F)c2n1.Cc1cn2cc(Br)cc(F)c2n1.Nc1ncccc1F.O=c1cc(Cl)nc2ccc(F)cn12. The summed E-state index contributed by atoms with van der Waals surface area (Å²) in [5, 5.41) is 3.43. The Morgan fingerprint density at radius 2 is 0.835 bits per heavy atom. The predicted octanol–water partition coefficient (Wildman–Crippen LogP) is 14.4. The number of carbonyl (C=O) groups is 1. The number of pyridine rings is 8. The van der Waals surface area contributed by atoms with Gasteiger partial charge in [0.15, 0.2) is 57.5 Å². The van der Waals surface area contributed by atoms with E-state index in [0.29, 0.717) is 60.7 Å². The maximum Gasteiger partial charge on any atom is 0.496 e. The second-order valence-electron chi connectivity index (χ2n) is 33.2. The minimum absolute atomic E-state index is 0.0201. The third kappa shape index (κ3) is 22.0. The van der Waals surface area contributed by atoms with Gasteiger partial charge in [0.2, 0.25) is 0 Å². The number of nitrogens with one attached hydrogen (secondary N) is 1. The van der Waals surface area contributed by atoms with Gasteiger partial charge in [0.25, 0.3) is 16.7 Å². The normalized spacial score (nSPS) is 16.1. The van der Waals surface area contributed by atoms with Crippen LogP contribution in [0.5, 0.6) is 0 Å². The van der Waals surface area contributed by atoms with Crippen molar-refractivity contribution in [2.45, 2.75) is 151 Å². The van der Waals surface area contributed by atoms with Crippen LogP contribution >= 0.6 is 39.1 Å². The lowest BCUT2D eigenvalue weighted by atomic mass is 9.49. The second kappa shape index (κ2) is 38.0. The molecule has 28 nitrogen and oxygen atoms in total. The Kier molecular flexibility index (Phi) is 28.4. The van der Waals surface area contributed by atoms with Crippen LogP contribution in [0.2, 0.25) is 5.15 Å². The first-order valence-electron chi connectivity index (χ1n) is 39.8. The van der Waals surface area contributed by atoms with Gasteiger partial charge in [-0.05, 0) is 206 Å². The molecule has 127 heavy (non-hydrogen) atoms. The number of Topliss-reactive ketones (excluding diaryl/α,β-unsaturated/α-hetero) is 1. The van der Waals surface area contributed by atoms with E-state index < -0.39 is 72.5 Å². The summed E-state index contributed by atoms with van der Waals surface area (Å²) in [5.41, 5.74) is 10.4. The molecule has 19 heterocycles. The van der Waals surface area contributed by atoms with Gasteiger partial charge in [0, 0.05) is 140 Å². The van der Waals surface area contributed by atoms with Crippen LogP contribution in [-0.2, 0) is 32.7 Å². The molecule has 4 saturated heterocycles. The summed E-state index contributed by atoms with van der Waals surface area (Å²) in [6.45, 7) is 36.4. The first kappa shape index (κ1) is 94.9. The lowest BCUT2D eigenvalue weighted by molar-refractivity contribution is -0.114. The molecule has 4 aliphatic heterocycles. The summed E-state index contributed by atoms with van der Waals surface area (Å²) in [4.78, 5) is 80.6. The molecular weight excluding hydrogens is 1760 g/mol. The molecule has 0 atom stereocenters. The third-order valence-electron chi connectivity index (χ3n) is 21.7. The molecule has 664 valence electrons. The van der Waals surface area contributed by atoms with Gasteiger partial charge in [-0.15, -0.1) is 11.6 Å². The fourth-order valence-corrected chi connectivity index (χ4v) is 13.7. The number of rotatable bonds is 6. The molecule has 0 unspecified atom stereocenters. The van der Waals surface area contributed by atoms with Crippen molar-refractivity contribution in [3.8, 4) is 22.5 Å². The minimum Gasteiger partial charge on any atom is -0.405 e. The maximum absolute atomic E-state index is 14.4. The zero-order valence-corrected chi connectivity index (χ0v) is 75.5. The van der Waals surface area contributed by atoms with Gasteiger partial charge in [-0.3, -0.25) is 32.4 Å². The van der Waals surface area contributed by atoms with Crippen molar-refractivity contribution in [3.63, 3.8) is 0 Å². The molecule has 3 N–H and O–H groups in total. The number of nitrogen functional groups attached to an aromatic ring is 1. The Morgan fingerprint density at radius 1 is 0.465 bits per heavy atom. The largest absolute Gasteiger partial charge is 0.496 e. The topological polar surface area (TPSA) is 299 Å². The van der Waals surface area contributed by atoms with Gasteiger partial charge in [0.1, 0.15) is 39.5 Å². The van der Waals surface area contributed by atoms with E-state index in [0.717, 1.165) is 76.2 Å². The van der Waals surface area contributed by atoms with Crippen LogP contribution in [0.4, 0.5) is 42.2 Å². The molecular formula is C86H91B3BrCl2F7N18O10. The van der Waals surface area contributed by atoms with Gasteiger partial charge in [0.05, 0.1) is 79.3 Å². The van der Waals surface area contributed by atoms with Crippen molar-refractivity contribution in [1.29, 1.82) is 0 Å². The molecule has 0 saturated carbocycles. The number of hydrogen-bond acceptors (Lipinski definition) is 21. The minimum atomic E-state index is -0.568. The van der Waals surface area contributed by atoms with Gasteiger partial charge in [-0.1, -0.05) is 11.6 Å². The number of nitrogens with zero attached hydrogens (tertiary/aromatic N) is 16. The quantitative estimate of drug-likeness (QED) is 0.0676. The fraction of sp³-hybridized carbons (Fsp3) is 0.326. The summed E-state index contributed by atoms with van der Waals surface area (Å²) < 4.78 is 141. The number of imidazole rings is 4. The van der Waals surface area contributed by atoms with E-state index in [2.05, 4.69) is 66.0 Å². The number of aryl methyl sites for hydroxylation is 4. The molecule has 0 radical (unpaired) electrons. The summed E-state index contributed by atoms with van der Waals surface area (Å²) in [5.74, 6) is -3.00. The van der Waals surface area contributed by atoms with E-state index in [1.54, 1.807) is 74.1 Å². The van der Waals surface area contributed by atoms with Crippen LogP contribution in [0.3, 0.4) is 0 Å². The number of piperazine rings is 1. The Hall–Kier alpha value is -11.3. The highest BCUT2D eigenvalue weighted by molar-refractivity contribution is 9.10. The first-order chi connectivity index (χ1) is 59.6. The number of hydrogen-bond donors (Lipinski definition) is 2. The summed E-state index contributed by atoms with van der Waals surface area (Å²) >= 11 is 13.7. The van der Waals surface area contributed by atoms with Crippen molar-refractivity contribution >= 4 is 123 Å². The van der Waals surface area contributed by atoms with Crippen LogP contribution in [0.25, 0.3) is 62.0 Å². The van der Waals surface area contributed by atoms with Gasteiger partial charge in [-0.25, -0.2) is 70.6 Å². The lowest BCUT2D eigenvalue weighted by Gasteiger charge is -2.32. The Labute approximate surface area is 743 Å². The third-order valence-corrected chi connectivity index (χ3v) is 22.7. The molecule has 0 bridgehead atoms. The summed E-state index contributed by atoms with van der Waals surface area (Å²) in [6.07, 6.45) is 19.4. The van der Waals surface area contributed by atoms with Crippen LogP contribution in [0.1, 0.15) is 113 Å². The molecule has 0 spiro atoms. The average molecular weight is 1850 g/mol. The van der Waals surface area contributed by atoms with Crippen molar-refractivity contribution < 1.29 is 63.5 Å². The molecule has 0 amide bonds. The molecule has 41 heteroatoms. The molecule has 0 aliphatic carbocycles. The highest BCUT2D eigenvalue weighted by Gasteiger charge is 2.64. The van der Waals surface area contributed by atoms with Crippen molar-refractivity contribution in [2.75, 3.05) is 42.7 Å². The molecule has 15 aromatic heterocycles. The second-order valence-corrected chi connectivity index (χ2v) is 34.7. The smallest absolute Gasteiger partial charge is 0.405 e. The molecule has 15 aromatic rings. The van der Waals surface area contributed by atoms with E-state index in [9.17, 15) is 49.9 Å². The van der Waals surface area contributed by atoms with Gasteiger partial charge < -0.3 is 61.5 Å². The Morgan fingerprint density at radius 3 is 1.24 bits per heavy atom. The van der Waals surface area contributed by atoms with E-state index in [-0.39, 0.29) is 79.2 Å². The predicted molar refractivity (Wildman–Crippen MR) is 478 cm³/mol. The van der Waals surface area contributed by atoms with Crippen LogP contribution < -0.4 is 38.1 Å². The lowest BCUT2D eigenvalue weighted by Crippen LogP contribution is -2.43. The van der Waals surface area contributed by atoms with Gasteiger partial charge in [-0.2, -0.15) is 0 Å². The number of anilines is 2. The number of nitrogens with two attached hydrogens (primary N) is 1. The van der Waals surface area contributed by atoms with Gasteiger partial charge >= 0.3 is 21.1 Å². The zero-order valence-electron chi connectivity index (χ0n) is 72.5. The monoisotopic (exact) mass is 1850 g/mol. The number of alkyl halides is 1. The highest BCUT2D eigenvalue weighted by Crippen LogP contribution is 2.43. The molecule has 4 fully saturated rings. The van der Waals surface area contributed by atoms with Crippen molar-refractivity contribution in [3.05, 3.63) is 270 Å². The zero-order chi connectivity index (χ0) is 92.5. The molecule has 19 rings (SSSR count). The standard InChI is InChI=1S/C20H19FN6O.C16H10F2N4O.C14H18BFN2O2.C12H24B2O4.C8H6BrFN2.C8H4ClFN2O.C5H5FN2.C3H5ClO/c1-13-10-26-11-14(8-16(21)20(26)23-13)17-9-19(28)27-12-15(2-3-18(27)24-17)25-6-4-22-5-7-25;1-9-6-21-7-10(4-12(18)16(21)19-9)13-5-15(23)22-8-11(17)2-3-14(22)20-13;1-9-7-18-8-10(6-11(16)12(18)17-9)15-19-13(2,3)14(4,5)20-15;1-9(2)10(3,4)16-13(15-9)14-17-11(5,6)12(7,8)18-14;1-5-3-12-4-6(9)2-7(10)8(12)11-5;9-6-3-8(13)12-4-5(10)1-2-7(12)11-6;6-4-2-1-3-8-5(4)7;1-3(5)2-4/h2-3,8-12,22H,4-7H2,1H3;2-8H,1H3;6-8H,1-5H3;1-8H3;2-4H,1H3;1-4H;1-3H,(H2,7,8);2H2,1H3. The van der Waals surface area contributed by atoms with E-state index >= 15 is 0 Å². The maximum atomic E-state index is 14.4. The summed E-state index contributed by atoms with van der Waals surface area (Å²) in [6, 6.07) is 21.1. The van der Waals surface area contributed by atoms with Crippen LogP contribution in [0.15, 0.2) is 184 Å². The number of halogens is 10. The Balaban J connectivity index is 0.000000137. The first-order valence-corrected chi connectivity index (χ1v) is 41.5. The number of fused-ring (bicyclic) bond motifs is 7. The average Bonchev–Trinajstić information content (AvgIpc) is 1.60. The van der Waals surface area contributed by atoms with E-state index in [4.69, 9.17) is 56.9 Å². The van der Waals surface area contributed by atoms with Crippen LogP contribution in [0, 0.1) is 68.4 Å². The number of ketones is 1. The number of carbonyl (C=O) groups excluding carboxylic acids is 1. The van der Waals surface area contributed by atoms with E-state index in [1.807, 2.05) is 122 Å². The van der Waals surface area contributed by atoms with E-state index in [1.165, 1.54) is 90.3 Å².